The summed E-state index contributed by atoms with van der Waals surface area (Å²) in [5.74, 6) is -2.98. The first-order valence-electron chi connectivity index (χ1n) is 11.6. The third-order valence-corrected chi connectivity index (χ3v) is 5.83. The maximum absolute atomic E-state index is 15.0. The number of ether oxygens (including phenoxy) is 2. The minimum Gasteiger partial charge on any atom is -0.462 e. The monoisotopic (exact) mass is 514 g/mol. The zero-order chi connectivity index (χ0) is 26.2. The molecule has 1 N–H and O–H groups in total. The average molecular weight is 515 g/mol. The van der Waals surface area contributed by atoms with Crippen LogP contribution in [0.4, 0.5) is 15.8 Å². The van der Waals surface area contributed by atoms with Crippen molar-refractivity contribution in [3.8, 4) is 0 Å². The molecule has 1 fully saturated rings. The van der Waals surface area contributed by atoms with Crippen molar-refractivity contribution in [2.24, 2.45) is 0 Å². The lowest BCUT2D eigenvalue weighted by Crippen LogP contribution is -2.26. The lowest BCUT2D eigenvalue weighted by molar-refractivity contribution is -0.146. The van der Waals surface area contributed by atoms with Gasteiger partial charge in [-0.15, -0.1) is 0 Å². The van der Waals surface area contributed by atoms with Crippen LogP contribution < -0.4 is 10.2 Å². The molecule has 0 radical (unpaired) electrons. The van der Waals surface area contributed by atoms with Crippen LogP contribution in [0, 0.1) is 12.7 Å². The van der Waals surface area contributed by atoms with E-state index in [1.165, 1.54) is 18.3 Å². The molecule has 0 aromatic heterocycles. The molecular formula is C27H28ClFN2O5. The second-order valence-corrected chi connectivity index (χ2v) is 8.43. The number of amides is 1. The number of nitrogens with zero attached hydrogens (tertiary/aromatic N) is 1. The molecular weight excluding hydrogens is 487 g/mol. The highest BCUT2D eigenvalue weighted by Crippen LogP contribution is 2.40. The fraction of sp³-hybridized carbons (Fsp3) is 0.296. The van der Waals surface area contributed by atoms with Crippen molar-refractivity contribution in [1.29, 1.82) is 0 Å². The van der Waals surface area contributed by atoms with E-state index in [2.05, 4.69) is 5.32 Å². The predicted octanol–water partition coefficient (Wildman–Crippen LogP) is 5.42. The Morgan fingerprint density at radius 1 is 1.11 bits per heavy atom. The van der Waals surface area contributed by atoms with Gasteiger partial charge in [-0.1, -0.05) is 41.9 Å². The lowest BCUT2D eigenvalue weighted by Gasteiger charge is -2.25. The molecule has 2 aromatic carbocycles. The molecule has 0 atom stereocenters. The van der Waals surface area contributed by atoms with Crippen molar-refractivity contribution in [3.05, 3.63) is 76.2 Å². The summed E-state index contributed by atoms with van der Waals surface area (Å²) in [4.78, 5) is 39.2. The van der Waals surface area contributed by atoms with Crippen LogP contribution in [0.15, 0.2) is 54.2 Å². The van der Waals surface area contributed by atoms with Crippen LogP contribution in [0.5, 0.6) is 0 Å². The van der Waals surface area contributed by atoms with Gasteiger partial charge in [-0.25, -0.2) is 14.0 Å². The van der Waals surface area contributed by atoms with Crippen molar-refractivity contribution in [1.82, 2.24) is 0 Å². The number of hydrogen-bond donors (Lipinski definition) is 1. The number of anilines is 2. The van der Waals surface area contributed by atoms with Gasteiger partial charge in [0.05, 0.1) is 23.9 Å². The highest BCUT2D eigenvalue weighted by atomic mass is 35.5. The highest BCUT2D eigenvalue weighted by Gasteiger charge is 2.33. The summed E-state index contributed by atoms with van der Waals surface area (Å²) < 4.78 is 25.1. The molecule has 0 saturated heterocycles. The number of halogens is 2. The minimum atomic E-state index is -0.827. The average Bonchev–Trinajstić information content (AvgIpc) is 3.70. The van der Waals surface area contributed by atoms with Gasteiger partial charge in [-0.3, -0.25) is 4.79 Å². The number of carbonyl (C=O) groups excluding carboxylic acids is 3. The SMILES string of the molecule is CCOC(=O)C(=CN(c1cc(NC(=O)/C=C/c2ccccc2)c(F)c(Cl)c1C)C1CC1)C(=O)OCC. The van der Waals surface area contributed by atoms with Crippen LogP contribution in [0.3, 0.4) is 0 Å². The van der Waals surface area contributed by atoms with Crippen LogP contribution in [0.2, 0.25) is 5.02 Å². The minimum absolute atomic E-state index is 0.0504. The third-order valence-electron chi connectivity index (χ3n) is 5.39. The standard InChI is InChI=1S/C27H28ClFN2O5/c1-4-35-26(33)20(27(34)36-5-2)16-31(19-12-13-19)22-15-21(25(29)24(28)17(22)3)30-23(32)14-11-18-9-7-6-8-10-18/h6-11,14-16,19H,4-5,12-13H2,1-3H3,(H,30,32)/b14-11+. The molecule has 3 rings (SSSR count). The second-order valence-electron chi connectivity index (χ2n) is 8.05. The molecule has 190 valence electrons. The van der Waals surface area contributed by atoms with Crippen molar-refractivity contribution in [2.75, 3.05) is 23.4 Å². The lowest BCUT2D eigenvalue weighted by atomic mass is 10.1. The van der Waals surface area contributed by atoms with E-state index in [0.29, 0.717) is 11.3 Å². The Kier molecular flexibility index (Phi) is 9.25. The molecule has 1 aliphatic carbocycles. The zero-order valence-corrected chi connectivity index (χ0v) is 21.1. The first kappa shape index (κ1) is 26.9. The fourth-order valence-corrected chi connectivity index (χ4v) is 3.64. The molecule has 1 amide bonds. The maximum Gasteiger partial charge on any atom is 0.347 e. The van der Waals surface area contributed by atoms with Crippen LogP contribution >= 0.6 is 11.6 Å². The number of rotatable bonds is 10. The molecule has 0 bridgehead atoms. The van der Waals surface area contributed by atoms with E-state index >= 15 is 4.39 Å². The second kappa shape index (κ2) is 12.4. The smallest absolute Gasteiger partial charge is 0.347 e. The van der Waals surface area contributed by atoms with Gasteiger partial charge >= 0.3 is 11.9 Å². The quantitative estimate of drug-likeness (QED) is 0.197. The molecule has 2 aromatic rings. The Labute approximate surface area is 214 Å². The molecule has 9 heteroatoms. The summed E-state index contributed by atoms with van der Waals surface area (Å²) in [5, 5.41) is 2.35. The first-order valence-corrected chi connectivity index (χ1v) is 12.0. The molecule has 0 spiro atoms. The van der Waals surface area contributed by atoms with E-state index < -0.39 is 23.7 Å². The van der Waals surface area contributed by atoms with Gasteiger partial charge in [0.2, 0.25) is 5.91 Å². The largest absolute Gasteiger partial charge is 0.462 e. The maximum atomic E-state index is 15.0. The Morgan fingerprint density at radius 3 is 2.28 bits per heavy atom. The van der Waals surface area contributed by atoms with E-state index in [0.717, 1.165) is 18.4 Å². The van der Waals surface area contributed by atoms with Gasteiger partial charge < -0.3 is 19.7 Å². The summed E-state index contributed by atoms with van der Waals surface area (Å²) in [6.07, 6.45) is 5.82. The number of esters is 2. The summed E-state index contributed by atoms with van der Waals surface area (Å²) in [6, 6.07) is 10.6. The molecule has 36 heavy (non-hydrogen) atoms. The van der Waals surface area contributed by atoms with Gasteiger partial charge in [-0.2, -0.15) is 0 Å². The van der Waals surface area contributed by atoms with Gasteiger partial charge in [0, 0.05) is 24.0 Å². The predicted molar refractivity (Wildman–Crippen MR) is 137 cm³/mol. The van der Waals surface area contributed by atoms with Crippen molar-refractivity contribution >= 4 is 46.9 Å². The molecule has 0 aliphatic heterocycles. The highest BCUT2D eigenvalue weighted by molar-refractivity contribution is 6.32. The van der Waals surface area contributed by atoms with Crippen molar-refractivity contribution < 1.29 is 28.2 Å². The number of hydrogen-bond acceptors (Lipinski definition) is 6. The summed E-state index contributed by atoms with van der Waals surface area (Å²) in [5.41, 5.74) is 1.23. The zero-order valence-electron chi connectivity index (χ0n) is 20.3. The van der Waals surface area contributed by atoms with Gasteiger partial charge in [0.15, 0.2) is 11.4 Å². The van der Waals surface area contributed by atoms with Gasteiger partial charge in [-0.05, 0) is 56.9 Å². The normalized spacial score (nSPS) is 12.7. The molecule has 7 nitrogen and oxygen atoms in total. The van der Waals surface area contributed by atoms with Crippen LogP contribution in [0.25, 0.3) is 6.08 Å². The summed E-state index contributed by atoms with van der Waals surface area (Å²) in [6.45, 7) is 5.04. The Morgan fingerprint density at radius 2 is 1.72 bits per heavy atom. The third kappa shape index (κ3) is 6.73. The van der Waals surface area contributed by atoms with E-state index in [1.54, 1.807) is 31.7 Å². The molecule has 0 heterocycles. The molecule has 1 aliphatic rings. The van der Waals surface area contributed by atoms with Gasteiger partial charge in [0.1, 0.15) is 0 Å². The van der Waals surface area contributed by atoms with Crippen molar-refractivity contribution in [3.63, 3.8) is 0 Å². The molecule has 0 unspecified atom stereocenters. The van der Waals surface area contributed by atoms with E-state index in [4.69, 9.17) is 21.1 Å². The first-order chi connectivity index (χ1) is 17.3. The fourth-order valence-electron chi connectivity index (χ4n) is 3.44. The van der Waals surface area contributed by atoms with Crippen LogP contribution in [0.1, 0.15) is 37.8 Å². The summed E-state index contributed by atoms with van der Waals surface area (Å²) >= 11 is 6.30. The number of nitrogens with one attached hydrogen (secondary N) is 1. The Bertz CT molecular complexity index is 1170. The Balaban J connectivity index is 1.98. The van der Waals surface area contributed by atoms with E-state index in [1.807, 2.05) is 30.3 Å². The number of benzene rings is 2. The topological polar surface area (TPSA) is 84.9 Å². The molecule has 1 saturated carbocycles. The summed E-state index contributed by atoms with van der Waals surface area (Å²) in [7, 11) is 0. The van der Waals surface area contributed by atoms with Crippen LogP contribution in [-0.2, 0) is 23.9 Å². The Hall–Kier alpha value is -3.65. The van der Waals surface area contributed by atoms with Gasteiger partial charge in [0.25, 0.3) is 0 Å². The number of carbonyl (C=O) groups is 3. The van der Waals surface area contributed by atoms with E-state index in [9.17, 15) is 14.4 Å². The van der Waals surface area contributed by atoms with Crippen molar-refractivity contribution in [2.45, 2.75) is 39.7 Å². The van der Waals surface area contributed by atoms with E-state index in [-0.39, 0.29) is 35.5 Å². The van der Waals surface area contributed by atoms with Crippen LogP contribution in [-0.4, -0.2) is 37.1 Å².